The van der Waals surface area contributed by atoms with Crippen LogP contribution in [0.1, 0.15) is 51.9 Å². The lowest BCUT2D eigenvalue weighted by molar-refractivity contribution is 0.0615. The third kappa shape index (κ3) is 2.57. The van der Waals surface area contributed by atoms with Crippen molar-refractivity contribution in [1.82, 2.24) is 9.80 Å². The molecule has 0 spiro atoms. The Bertz CT molecular complexity index is 284. The lowest BCUT2D eigenvalue weighted by Crippen LogP contribution is -2.45. The monoisotopic (exact) mass is 254 g/mol. The van der Waals surface area contributed by atoms with E-state index in [1.807, 2.05) is 0 Å². The summed E-state index contributed by atoms with van der Waals surface area (Å²) in [4.78, 5) is 5.34. The molecular formula is C15H27FN2. The molecule has 0 bridgehead atoms. The Morgan fingerprint density at radius 2 is 2.00 bits per heavy atom. The highest BCUT2D eigenvalue weighted by molar-refractivity contribution is 4.91. The quantitative estimate of drug-likeness (QED) is 0.747. The number of rotatable bonds is 2. The van der Waals surface area contributed by atoms with E-state index >= 15 is 0 Å². The predicted molar refractivity (Wildman–Crippen MR) is 72.2 cm³/mol. The Hall–Kier alpha value is -0.150. The average molecular weight is 254 g/mol. The van der Waals surface area contributed by atoms with Crippen molar-refractivity contribution in [3.05, 3.63) is 0 Å². The summed E-state index contributed by atoms with van der Waals surface area (Å²) >= 11 is 0. The molecule has 1 aliphatic carbocycles. The molecule has 0 N–H and O–H groups in total. The van der Waals surface area contributed by atoms with E-state index in [-0.39, 0.29) is 0 Å². The molecule has 0 aromatic rings. The second-order valence-electron chi connectivity index (χ2n) is 6.65. The molecule has 4 unspecified atom stereocenters. The molecule has 1 saturated carbocycles. The summed E-state index contributed by atoms with van der Waals surface area (Å²) in [7, 11) is 0. The predicted octanol–water partition coefficient (Wildman–Crippen LogP) is 3.03. The summed E-state index contributed by atoms with van der Waals surface area (Å²) in [5, 5.41) is 0. The SMILES string of the molecule is CC1CN2CCCCC2N1CC1CCCC(F)C1. The van der Waals surface area contributed by atoms with Crippen LogP contribution in [0.2, 0.25) is 0 Å². The van der Waals surface area contributed by atoms with Gasteiger partial charge in [0.15, 0.2) is 0 Å². The van der Waals surface area contributed by atoms with Crippen molar-refractivity contribution < 1.29 is 4.39 Å². The molecule has 0 amide bonds. The molecule has 3 rings (SSSR count). The van der Waals surface area contributed by atoms with Crippen molar-refractivity contribution in [2.45, 2.75) is 70.2 Å². The van der Waals surface area contributed by atoms with Gasteiger partial charge in [0.25, 0.3) is 0 Å². The molecular weight excluding hydrogens is 227 g/mol. The van der Waals surface area contributed by atoms with Gasteiger partial charge in [-0.15, -0.1) is 0 Å². The fraction of sp³-hybridized carbons (Fsp3) is 1.00. The topological polar surface area (TPSA) is 6.48 Å². The summed E-state index contributed by atoms with van der Waals surface area (Å²) in [6.07, 6.45) is 8.19. The standard InChI is InChI=1S/C15H27FN2/c1-12-10-17-8-3-2-7-15(17)18(12)11-13-5-4-6-14(16)9-13/h12-15H,2-11H2,1H3. The van der Waals surface area contributed by atoms with E-state index in [2.05, 4.69) is 16.7 Å². The highest BCUT2D eigenvalue weighted by Crippen LogP contribution is 2.33. The molecule has 3 aliphatic rings. The molecule has 2 nitrogen and oxygen atoms in total. The average Bonchev–Trinajstić information content (AvgIpc) is 2.66. The van der Waals surface area contributed by atoms with Crippen LogP contribution in [0.5, 0.6) is 0 Å². The van der Waals surface area contributed by atoms with Crippen LogP contribution < -0.4 is 0 Å². The molecule has 104 valence electrons. The number of halogens is 1. The Kier molecular flexibility index (Phi) is 3.90. The van der Waals surface area contributed by atoms with Gasteiger partial charge in [0.2, 0.25) is 0 Å². The van der Waals surface area contributed by atoms with Crippen LogP contribution in [-0.4, -0.2) is 47.8 Å². The first-order chi connectivity index (χ1) is 8.74. The minimum atomic E-state index is -0.524. The lowest BCUT2D eigenvalue weighted by Gasteiger charge is -2.37. The first kappa shape index (κ1) is 12.9. The van der Waals surface area contributed by atoms with Gasteiger partial charge in [-0.3, -0.25) is 9.80 Å². The summed E-state index contributed by atoms with van der Waals surface area (Å²) in [5.74, 6) is 0.609. The zero-order valence-electron chi connectivity index (χ0n) is 11.7. The molecule has 3 heteroatoms. The molecule has 18 heavy (non-hydrogen) atoms. The summed E-state index contributed by atoms with van der Waals surface area (Å²) in [5.41, 5.74) is 0. The highest BCUT2D eigenvalue weighted by atomic mass is 19.1. The van der Waals surface area contributed by atoms with Crippen molar-refractivity contribution >= 4 is 0 Å². The van der Waals surface area contributed by atoms with E-state index in [0.29, 0.717) is 18.1 Å². The number of fused-ring (bicyclic) bond motifs is 1. The van der Waals surface area contributed by atoms with Crippen LogP contribution >= 0.6 is 0 Å². The first-order valence-electron chi connectivity index (χ1n) is 7.88. The highest BCUT2D eigenvalue weighted by Gasteiger charge is 2.39. The molecule has 2 aliphatic heterocycles. The van der Waals surface area contributed by atoms with Crippen LogP contribution in [0.25, 0.3) is 0 Å². The van der Waals surface area contributed by atoms with E-state index < -0.39 is 6.17 Å². The zero-order valence-corrected chi connectivity index (χ0v) is 11.7. The summed E-state index contributed by atoms with van der Waals surface area (Å²) in [6, 6.07) is 0.674. The lowest BCUT2D eigenvalue weighted by atomic mass is 9.87. The summed E-state index contributed by atoms with van der Waals surface area (Å²) < 4.78 is 13.5. The normalized spacial score (nSPS) is 43.0. The van der Waals surface area contributed by atoms with Crippen LogP contribution in [0.4, 0.5) is 4.39 Å². The Labute approximate surface area is 111 Å². The third-order valence-corrected chi connectivity index (χ3v) is 5.21. The van der Waals surface area contributed by atoms with Crippen molar-refractivity contribution in [2.24, 2.45) is 5.92 Å². The van der Waals surface area contributed by atoms with Crippen LogP contribution in [0.3, 0.4) is 0 Å². The third-order valence-electron chi connectivity index (χ3n) is 5.21. The minimum Gasteiger partial charge on any atom is -0.286 e. The smallest absolute Gasteiger partial charge is 0.100 e. The minimum absolute atomic E-state index is 0.524. The molecule has 0 aromatic heterocycles. The Morgan fingerprint density at radius 3 is 2.83 bits per heavy atom. The molecule has 3 fully saturated rings. The van der Waals surface area contributed by atoms with E-state index in [1.54, 1.807) is 0 Å². The maximum absolute atomic E-state index is 13.5. The second kappa shape index (κ2) is 5.46. The molecule has 2 heterocycles. The maximum Gasteiger partial charge on any atom is 0.100 e. The van der Waals surface area contributed by atoms with Gasteiger partial charge in [-0.1, -0.05) is 6.42 Å². The van der Waals surface area contributed by atoms with E-state index in [4.69, 9.17) is 0 Å². The number of nitrogens with zero attached hydrogens (tertiary/aromatic N) is 2. The van der Waals surface area contributed by atoms with Gasteiger partial charge in [0, 0.05) is 19.1 Å². The Balaban J connectivity index is 1.60. The number of piperidine rings is 1. The zero-order chi connectivity index (χ0) is 12.5. The van der Waals surface area contributed by atoms with E-state index in [0.717, 1.165) is 25.8 Å². The number of alkyl halides is 1. The largest absolute Gasteiger partial charge is 0.286 e. The van der Waals surface area contributed by atoms with Crippen molar-refractivity contribution in [1.29, 1.82) is 0 Å². The fourth-order valence-electron chi connectivity index (χ4n) is 4.29. The van der Waals surface area contributed by atoms with Gasteiger partial charge in [-0.05, 0) is 57.9 Å². The number of hydrogen-bond acceptors (Lipinski definition) is 2. The Morgan fingerprint density at radius 1 is 1.11 bits per heavy atom. The molecule has 2 saturated heterocycles. The van der Waals surface area contributed by atoms with Crippen LogP contribution in [0, 0.1) is 5.92 Å². The second-order valence-corrected chi connectivity index (χ2v) is 6.65. The molecule has 4 atom stereocenters. The van der Waals surface area contributed by atoms with Gasteiger partial charge in [-0.2, -0.15) is 0 Å². The van der Waals surface area contributed by atoms with Gasteiger partial charge in [-0.25, -0.2) is 4.39 Å². The fourth-order valence-corrected chi connectivity index (χ4v) is 4.29. The van der Waals surface area contributed by atoms with E-state index in [9.17, 15) is 4.39 Å². The molecule has 0 radical (unpaired) electrons. The van der Waals surface area contributed by atoms with Gasteiger partial charge in [0.05, 0.1) is 6.17 Å². The van der Waals surface area contributed by atoms with Gasteiger partial charge >= 0.3 is 0 Å². The van der Waals surface area contributed by atoms with Crippen LogP contribution in [0.15, 0.2) is 0 Å². The number of hydrogen-bond donors (Lipinski definition) is 0. The summed E-state index contributed by atoms with van der Waals surface area (Å²) in [6.45, 7) is 6.01. The maximum atomic E-state index is 13.5. The van der Waals surface area contributed by atoms with Gasteiger partial charge in [0.1, 0.15) is 6.17 Å². The van der Waals surface area contributed by atoms with Gasteiger partial charge < -0.3 is 0 Å². The van der Waals surface area contributed by atoms with E-state index in [1.165, 1.54) is 38.8 Å². The van der Waals surface area contributed by atoms with Crippen LogP contribution in [-0.2, 0) is 0 Å². The van der Waals surface area contributed by atoms with Crippen molar-refractivity contribution in [3.63, 3.8) is 0 Å². The van der Waals surface area contributed by atoms with Crippen molar-refractivity contribution in [2.75, 3.05) is 19.6 Å². The van der Waals surface area contributed by atoms with Crippen molar-refractivity contribution in [3.8, 4) is 0 Å². The first-order valence-corrected chi connectivity index (χ1v) is 7.88. The molecule has 0 aromatic carbocycles.